The third kappa shape index (κ3) is 11.6. The Labute approximate surface area is 217 Å². The fourth-order valence-corrected chi connectivity index (χ4v) is 49.6. The van der Waals surface area contributed by atoms with E-state index in [-0.39, 0.29) is 0 Å². The van der Waals surface area contributed by atoms with Gasteiger partial charge in [-0.2, -0.15) is 0 Å². The van der Waals surface area contributed by atoms with Gasteiger partial charge < -0.3 is 0 Å². The standard InChI is InChI=1S/2C6H11O.4C4H9.O.2Sn/c2*7-6-4-2-1-3-5-6;4*1-3-4-2;;;/h2*6H,1-5H2;4*1,3-4H2,2H3;;;/q2*-1;;;;;;2*+1. The molecule has 3 nitrogen and oxygen atoms in total. The van der Waals surface area contributed by atoms with E-state index in [1.54, 1.807) is 0 Å². The normalized spacial score (nSPS) is 19.3. The molecule has 0 bridgehead atoms. The van der Waals surface area contributed by atoms with Gasteiger partial charge in [-0.15, -0.1) is 0 Å². The Bertz CT molecular complexity index is 418. The van der Waals surface area contributed by atoms with Gasteiger partial charge >= 0.3 is 219 Å². The summed E-state index contributed by atoms with van der Waals surface area (Å²) in [4.78, 5) is 0. The molecule has 196 valence electrons. The van der Waals surface area contributed by atoms with Crippen LogP contribution in [0.15, 0.2) is 0 Å². The zero-order valence-electron chi connectivity index (χ0n) is 22.9. The molecular weight excluding hydrogens is 622 g/mol. The molecule has 5 heteroatoms. The van der Waals surface area contributed by atoms with Crippen molar-refractivity contribution in [2.45, 2.75) is 173 Å². The molecule has 0 heterocycles. The van der Waals surface area contributed by atoms with Gasteiger partial charge in [0, 0.05) is 0 Å². The van der Waals surface area contributed by atoms with Gasteiger partial charge in [-0.25, -0.2) is 0 Å². The second kappa shape index (κ2) is 17.8. The van der Waals surface area contributed by atoms with Crippen molar-refractivity contribution in [3.8, 4) is 0 Å². The van der Waals surface area contributed by atoms with Crippen LogP contribution in [0.1, 0.15) is 143 Å². The molecule has 0 N–H and O–H groups in total. The molecule has 2 rings (SSSR count). The summed E-state index contributed by atoms with van der Waals surface area (Å²) in [6, 6.07) is 0. The second-order valence-electron chi connectivity index (χ2n) is 11.1. The van der Waals surface area contributed by atoms with E-state index in [2.05, 4.69) is 27.7 Å². The number of rotatable bonds is 18. The quantitative estimate of drug-likeness (QED) is 0.135. The minimum absolute atomic E-state index is 0.485. The van der Waals surface area contributed by atoms with Gasteiger partial charge in [-0.3, -0.25) is 0 Å². The Morgan fingerprint density at radius 3 is 1.06 bits per heavy atom. The van der Waals surface area contributed by atoms with Crippen LogP contribution in [0.25, 0.3) is 0 Å². The summed E-state index contributed by atoms with van der Waals surface area (Å²) in [5.74, 6) is 0. The number of hydrogen-bond acceptors (Lipinski definition) is 3. The summed E-state index contributed by atoms with van der Waals surface area (Å²) in [6.07, 6.45) is 24.5. The van der Waals surface area contributed by atoms with E-state index in [1.165, 1.54) is 133 Å². The van der Waals surface area contributed by atoms with Crippen LogP contribution in [0.2, 0.25) is 17.7 Å². The molecule has 2 aliphatic rings. The third-order valence-electron chi connectivity index (χ3n) is 7.88. The van der Waals surface area contributed by atoms with E-state index in [0.29, 0.717) is 12.2 Å². The Balaban J connectivity index is 2.33. The topological polar surface area (TPSA) is 27.7 Å². The molecule has 2 aliphatic carbocycles. The molecule has 0 saturated heterocycles. The zero-order chi connectivity index (χ0) is 23.8. The first-order valence-corrected chi connectivity index (χ1v) is 27.9. The van der Waals surface area contributed by atoms with Gasteiger partial charge in [0.2, 0.25) is 0 Å². The molecule has 2 saturated carbocycles. The summed E-state index contributed by atoms with van der Waals surface area (Å²) in [7, 11) is 0. The first-order chi connectivity index (χ1) is 16.1. The first-order valence-electron chi connectivity index (χ1n) is 15.2. The molecule has 0 aromatic carbocycles. The van der Waals surface area contributed by atoms with E-state index in [1.807, 2.05) is 0 Å². The summed E-state index contributed by atoms with van der Waals surface area (Å²) in [5.41, 5.74) is 0. The van der Waals surface area contributed by atoms with E-state index in [4.69, 9.17) is 7.56 Å². The molecule has 0 spiro atoms. The summed E-state index contributed by atoms with van der Waals surface area (Å²) in [6.45, 7) is 9.39. The van der Waals surface area contributed by atoms with Crippen molar-refractivity contribution in [3.63, 3.8) is 0 Å². The molecule has 0 atom stereocenters. The van der Waals surface area contributed by atoms with Gasteiger partial charge in [-0.05, 0) is 0 Å². The van der Waals surface area contributed by atoms with Crippen LogP contribution in [-0.2, 0) is 7.56 Å². The van der Waals surface area contributed by atoms with Gasteiger partial charge in [0.25, 0.3) is 0 Å². The molecule has 33 heavy (non-hydrogen) atoms. The Morgan fingerprint density at radius 1 is 0.485 bits per heavy atom. The van der Waals surface area contributed by atoms with Gasteiger partial charge in [0.15, 0.2) is 0 Å². The average Bonchev–Trinajstić information content (AvgIpc) is 2.85. The molecule has 2 fully saturated rings. The molecule has 0 radical (unpaired) electrons. The van der Waals surface area contributed by atoms with E-state index in [9.17, 15) is 0 Å². The maximum atomic E-state index is 7.82. The predicted molar refractivity (Wildman–Crippen MR) is 147 cm³/mol. The Hall–Kier alpha value is 1.48. The summed E-state index contributed by atoms with van der Waals surface area (Å²) in [5, 5.41) is 0. The van der Waals surface area contributed by atoms with Crippen molar-refractivity contribution in [2.24, 2.45) is 0 Å². The van der Waals surface area contributed by atoms with Crippen molar-refractivity contribution in [1.82, 2.24) is 0 Å². The fourth-order valence-electron chi connectivity index (χ4n) is 5.83. The van der Waals surface area contributed by atoms with Gasteiger partial charge in [0.1, 0.15) is 0 Å². The van der Waals surface area contributed by atoms with Crippen molar-refractivity contribution in [1.29, 1.82) is 0 Å². The van der Waals surface area contributed by atoms with Crippen molar-refractivity contribution in [2.75, 3.05) is 0 Å². The monoisotopic (exact) mass is 682 g/mol. The van der Waals surface area contributed by atoms with Crippen LogP contribution in [0, 0.1) is 0 Å². The molecule has 0 amide bonds. The van der Waals surface area contributed by atoms with Crippen molar-refractivity contribution >= 4 is 38.4 Å². The van der Waals surface area contributed by atoms with Crippen LogP contribution in [-0.4, -0.2) is 50.6 Å². The molecule has 0 aliphatic heterocycles. The van der Waals surface area contributed by atoms with E-state index >= 15 is 0 Å². The van der Waals surface area contributed by atoms with Crippen molar-refractivity contribution < 1.29 is 7.56 Å². The zero-order valence-corrected chi connectivity index (χ0v) is 28.6. The third-order valence-corrected chi connectivity index (χ3v) is 41.3. The number of hydrogen-bond donors (Lipinski definition) is 0. The molecule has 0 aromatic heterocycles. The van der Waals surface area contributed by atoms with Crippen LogP contribution in [0.4, 0.5) is 0 Å². The van der Waals surface area contributed by atoms with E-state index in [0.717, 1.165) is 0 Å². The fraction of sp³-hybridized carbons (Fsp3) is 1.00. The number of unbranched alkanes of at least 4 members (excludes halogenated alkanes) is 4. The van der Waals surface area contributed by atoms with Crippen LogP contribution < -0.4 is 0 Å². The second-order valence-corrected chi connectivity index (χ2v) is 33.0. The SMILES string of the molecule is CCC[CH2][Sn]([CH2]CCC)([O]C1CCCCC1)[O][Sn]([CH2]CCC)([CH2]CCC)[O]C1CCCCC1. The Kier molecular flexibility index (Phi) is 16.6. The van der Waals surface area contributed by atoms with Crippen molar-refractivity contribution in [3.05, 3.63) is 0 Å². The minimum atomic E-state index is -3.24. The van der Waals surface area contributed by atoms with E-state index < -0.39 is 38.4 Å². The van der Waals surface area contributed by atoms with Crippen LogP contribution >= 0.6 is 0 Å². The van der Waals surface area contributed by atoms with Crippen LogP contribution in [0.3, 0.4) is 0 Å². The maximum absolute atomic E-state index is 7.82. The van der Waals surface area contributed by atoms with Gasteiger partial charge in [0.05, 0.1) is 0 Å². The van der Waals surface area contributed by atoms with Crippen LogP contribution in [0.5, 0.6) is 0 Å². The first kappa shape index (κ1) is 30.7. The molecule has 0 unspecified atom stereocenters. The Morgan fingerprint density at radius 2 is 0.788 bits per heavy atom. The summed E-state index contributed by atoms with van der Waals surface area (Å²) >= 11 is -6.49. The molecular formula is C28H58O3Sn2. The summed E-state index contributed by atoms with van der Waals surface area (Å²) < 4.78 is 27.6. The average molecular weight is 680 g/mol. The predicted octanol–water partition coefficient (Wildman–Crippen LogP) is 9.79. The van der Waals surface area contributed by atoms with Gasteiger partial charge in [-0.1, -0.05) is 0 Å². The molecule has 0 aromatic rings.